The highest BCUT2D eigenvalue weighted by Crippen LogP contribution is 2.38. The first-order chi connectivity index (χ1) is 15.4. The zero-order chi connectivity index (χ0) is 24.5. The Balaban J connectivity index is 1.94. The summed E-state index contributed by atoms with van der Waals surface area (Å²) in [6, 6.07) is 5.93. The molecule has 0 aliphatic heterocycles. The Kier molecular flexibility index (Phi) is 6.76. The van der Waals surface area contributed by atoms with Gasteiger partial charge in [0.1, 0.15) is 28.8 Å². The number of hydrogen-bond donors (Lipinski definition) is 0. The van der Waals surface area contributed by atoms with Crippen LogP contribution < -0.4 is 4.74 Å². The Morgan fingerprint density at radius 3 is 1.76 bits per heavy atom. The quantitative estimate of drug-likeness (QED) is 0.257. The molecule has 0 saturated carbocycles. The van der Waals surface area contributed by atoms with Crippen LogP contribution in [0.5, 0.6) is 5.75 Å². The number of alkyl halides is 2. The van der Waals surface area contributed by atoms with Crippen LogP contribution in [0.2, 0.25) is 0 Å². The van der Waals surface area contributed by atoms with Gasteiger partial charge in [0, 0.05) is 17.7 Å². The van der Waals surface area contributed by atoms with Gasteiger partial charge in [-0.25, -0.2) is 30.7 Å². The summed E-state index contributed by atoms with van der Waals surface area (Å²) in [5.74, 6) is -12.4. The zero-order valence-corrected chi connectivity index (χ0v) is 16.6. The number of hydrogen-bond acceptors (Lipinski definition) is 1. The second kappa shape index (κ2) is 9.21. The molecule has 10 heteroatoms. The van der Waals surface area contributed by atoms with Crippen molar-refractivity contribution in [1.82, 2.24) is 0 Å². The van der Waals surface area contributed by atoms with Crippen LogP contribution in [0.25, 0.3) is 17.0 Å². The molecule has 0 N–H and O–H groups in total. The van der Waals surface area contributed by atoms with Crippen LogP contribution in [-0.2, 0) is 6.11 Å². The second-order valence-corrected chi connectivity index (χ2v) is 6.78. The minimum absolute atomic E-state index is 0.0903. The predicted octanol–water partition coefficient (Wildman–Crippen LogP) is 8.20. The lowest BCUT2D eigenvalue weighted by Crippen LogP contribution is -2.25. The SMILES string of the molecule is CCC(F)=C(F)c1ccc(-c2cc(F)c(C(F)(F)Oc3cc(F)c(F)c(F)c3)c(F)c2)cc1. The molecule has 0 fully saturated rings. The van der Waals surface area contributed by atoms with E-state index in [4.69, 9.17) is 0 Å². The molecule has 3 aromatic carbocycles. The minimum Gasteiger partial charge on any atom is -0.429 e. The van der Waals surface area contributed by atoms with E-state index >= 15 is 0 Å². The third-order valence-electron chi connectivity index (χ3n) is 4.56. The normalized spacial score (nSPS) is 12.5. The molecule has 0 aliphatic rings. The van der Waals surface area contributed by atoms with E-state index < -0.39 is 58.2 Å². The maximum absolute atomic E-state index is 14.5. The van der Waals surface area contributed by atoms with E-state index in [1.807, 2.05) is 0 Å². The topological polar surface area (TPSA) is 9.23 Å². The maximum atomic E-state index is 14.5. The van der Waals surface area contributed by atoms with E-state index in [-0.39, 0.29) is 35.2 Å². The first kappa shape index (κ1) is 24.2. The van der Waals surface area contributed by atoms with Gasteiger partial charge in [0.05, 0.1) is 0 Å². The molecule has 0 aromatic heterocycles. The second-order valence-electron chi connectivity index (χ2n) is 6.78. The highest BCUT2D eigenvalue weighted by molar-refractivity contribution is 5.69. The van der Waals surface area contributed by atoms with E-state index in [1.165, 1.54) is 19.1 Å². The summed E-state index contributed by atoms with van der Waals surface area (Å²) < 4.78 is 128. The zero-order valence-electron chi connectivity index (χ0n) is 16.6. The molecular formula is C23H13F9O. The molecule has 0 heterocycles. The highest BCUT2D eigenvalue weighted by atomic mass is 19.3. The summed E-state index contributed by atoms with van der Waals surface area (Å²) in [4.78, 5) is 0. The summed E-state index contributed by atoms with van der Waals surface area (Å²) >= 11 is 0. The molecular weight excluding hydrogens is 463 g/mol. The molecule has 0 bridgehead atoms. The van der Waals surface area contributed by atoms with Crippen molar-refractivity contribution in [2.75, 3.05) is 0 Å². The van der Waals surface area contributed by atoms with Gasteiger partial charge in [-0.3, -0.25) is 0 Å². The number of halogens is 9. The van der Waals surface area contributed by atoms with Gasteiger partial charge in [-0.1, -0.05) is 31.2 Å². The summed E-state index contributed by atoms with van der Waals surface area (Å²) in [7, 11) is 0. The lowest BCUT2D eigenvalue weighted by atomic mass is 10.0. The summed E-state index contributed by atoms with van der Waals surface area (Å²) in [5.41, 5.74) is -2.10. The van der Waals surface area contributed by atoms with Gasteiger partial charge in [-0.15, -0.1) is 0 Å². The fourth-order valence-corrected chi connectivity index (χ4v) is 2.93. The molecule has 0 amide bonds. The van der Waals surface area contributed by atoms with E-state index in [1.54, 1.807) is 0 Å². The van der Waals surface area contributed by atoms with Crippen molar-refractivity contribution in [3.8, 4) is 16.9 Å². The minimum atomic E-state index is -4.72. The van der Waals surface area contributed by atoms with Gasteiger partial charge in [0.15, 0.2) is 23.3 Å². The molecule has 0 spiro atoms. The number of rotatable bonds is 6. The number of benzene rings is 3. The number of ether oxygens (including phenoxy) is 1. The van der Waals surface area contributed by atoms with Crippen LogP contribution in [-0.4, -0.2) is 0 Å². The summed E-state index contributed by atoms with van der Waals surface area (Å²) in [6.07, 6.45) is -4.90. The fourth-order valence-electron chi connectivity index (χ4n) is 2.93. The Hall–Kier alpha value is -3.43. The van der Waals surface area contributed by atoms with Gasteiger partial charge in [0.2, 0.25) is 0 Å². The van der Waals surface area contributed by atoms with Crippen molar-refractivity contribution in [1.29, 1.82) is 0 Å². The predicted molar refractivity (Wildman–Crippen MR) is 102 cm³/mol. The number of allylic oxidation sites excluding steroid dienone is 1. The molecule has 0 radical (unpaired) electrons. The van der Waals surface area contributed by atoms with Crippen LogP contribution in [0.3, 0.4) is 0 Å². The van der Waals surface area contributed by atoms with Crippen LogP contribution in [0, 0.1) is 29.1 Å². The van der Waals surface area contributed by atoms with Gasteiger partial charge in [-0.2, -0.15) is 8.78 Å². The Morgan fingerprint density at radius 1 is 0.758 bits per heavy atom. The standard InChI is InChI=1S/C23H13F9O/c1-2-15(24)21(29)12-5-3-11(4-6-12)13-7-16(25)20(17(26)8-13)23(31,32)33-14-9-18(27)22(30)19(28)10-14/h3-10H,2H2,1H3. The van der Waals surface area contributed by atoms with E-state index in [9.17, 15) is 39.5 Å². The monoisotopic (exact) mass is 476 g/mol. The smallest absolute Gasteiger partial charge is 0.429 e. The first-order valence-electron chi connectivity index (χ1n) is 9.30. The average Bonchev–Trinajstić information content (AvgIpc) is 2.75. The maximum Gasteiger partial charge on any atom is 0.432 e. The Labute approximate surface area is 181 Å². The fraction of sp³-hybridized carbons (Fsp3) is 0.130. The summed E-state index contributed by atoms with van der Waals surface area (Å²) in [6.45, 7) is 1.40. The van der Waals surface area contributed by atoms with Gasteiger partial charge < -0.3 is 4.74 Å². The molecule has 0 saturated heterocycles. The van der Waals surface area contributed by atoms with Gasteiger partial charge >= 0.3 is 6.11 Å². The van der Waals surface area contributed by atoms with Crippen LogP contribution in [0.4, 0.5) is 39.5 Å². The van der Waals surface area contributed by atoms with Crippen molar-refractivity contribution in [2.24, 2.45) is 0 Å². The van der Waals surface area contributed by atoms with Crippen molar-refractivity contribution < 1.29 is 44.3 Å². The van der Waals surface area contributed by atoms with Crippen LogP contribution in [0.1, 0.15) is 24.5 Å². The first-order valence-corrected chi connectivity index (χ1v) is 9.30. The van der Waals surface area contributed by atoms with E-state index in [0.29, 0.717) is 12.1 Å². The Morgan fingerprint density at radius 2 is 1.27 bits per heavy atom. The van der Waals surface area contributed by atoms with Crippen molar-refractivity contribution >= 4 is 5.83 Å². The average molecular weight is 476 g/mol. The van der Waals surface area contributed by atoms with Crippen LogP contribution >= 0.6 is 0 Å². The van der Waals surface area contributed by atoms with E-state index in [0.717, 1.165) is 12.1 Å². The molecule has 174 valence electrons. The van der Waals surface area contributed by atoms with Crippen molar-refractivity contribution in [3.63, 3.8) is 0 Å². The summed E-state index contributed by atoms with van der Waals surface area (Å²) in [5, 5.41) is 0. The van der Waals surface area contributed by atoms with E-state index in [2.05, 4.69) is 4.74 Å². The molecule has 0 atom stereocenters. The lowest BCUT2D eigenvalue weighted by Gasteiger charge is -2.20. The molecule has 3 aromatic rings. The molecule has 33 heavy (non-hydrogen) atoms. The van der Waals surface area contributed by atoms with Gasteiger partial charge in [0.25, 0.3) is 0 Å². The highest BCUT2D eigenvalue weighted by Gasteiger charge is 2.41. The van der Waals surface area contributed by atoms with Crippen molar-refractivity contribution in [3.05, 3.63) is 94.6 Å². The van der Waals surface area contributed by atoms with Gasteiger partial charge in [-0.05, 0) is 29.7 Å². The molecule has 1 nitrogen and oxygen atoms in total. The largest absolute Gasteiger partial charge is 0.432 e. The molecule has 0 unspecified atom stereocenters. The third-order valence-corrected chi connectivity index (χ3v) is 4.56. The third kappa shape index (κ3) is 4.99. The van der Waals surface area contributed by atoms with Crippen LogP contribution in [0.15, 0.2) is 54.4 Å². The Bertz CT molecular complexity index is 1170. The van der Waals surface area contributed by atoms with Crippen molar-refractivity contribution in [2.45, 2.75) is 19.5 Å². The molecule has 3 rings (SSSR count). The molecule has 0 aliphatic carbocycles. The lowest BCUT2D eigenvalue weighted by molar-refractivity contribution is -0.189.